The highest BCUT2D eigenvalue weighted by Crippen LogP contribution is 2.48. The van der Waals surface area contributed by atoms with Crippen molar-refractivity contribution in [2.75, 3.05) is 30.4 Å². The highest BCUT2D eigenvalue weighted by molar-refractivity contribution is 5.88. The van der Waals surface area contributed by atoms with Gasteiger partial charge in [0.2, 0.25) is 0 Å². The molecule has 2 aliphatic carbocycles. The molecule has 4 heterocycles. The lowest BCUT2D eigenvalue weighted by atomic mass is 9.98. The zero-order valence-corrected chi connectivity index (χ0v) is 19.9. The summed E-state index contributed by atoms with van der Waals surface area (Å²) in [6, 6.07) is 9.17. The molecule has 3 N–H and O–H groups in total. The number of benzene rings is 1. The van der Waals surface area contributed by atoms with E-state index in [9.17, 15) is 4.39 Å². The van der Waals surface area contributed by atoms with E-state index in [0.717, 1.165) is 70.9 Å². The molecule has 8 nitrogen and oxygen atoms in total. The van der Waals surface area contributed by atoms with Gasteiger partial charge in [-0.15, -0.1) is 0 Å². The van der Waals surface area contributed by atoms with Gasteiger partial charge in [0.05, 0.1) is 22.9 Å². The van der Waals surface area contributed by atoms with Gasteiger partial charge in [-0.1, -0.05) is 0 Å². The second kappa shape index (κ2) is 8.09. The number of rotatable bonds is 4. The number of nitrogens with one attached hydrogen (secondary N) is 1. The van der Waals surface area contributed by atoms with Crippen molar-refractivity contribution in [1.82, 2.24) is 19.9 Å². The summed E-state index contributed by atoms with van der Waals surface area (Å²) in [7, 11) is 1.81. The van der Waals surface area contributed by atoms with Crippen LogP contribution >= 0.6 is 0 Å². The molecule has 0 bridgehead atoms. The quantitative estimate of drug-likeness (QED) is 0.393. The van der Waals surface area contributed by atoms with Crippen LogP contribution in [0.3, 0.4) is 0 Å². The lowest BCUT2D eigenvalue weighted by Crippen LogP contribution is -2.30. The molecule has 0 spiro atoms. The molecule has 1 saturated heterocycles. The SMILES string of the molecule is CNc1cc(F)cc2c1Cc1nc(Oc3cnc4cccnc4c3)nc(N3CC4CC[C@@H](N)[C@H]4C3)c1-2. The van der Waals surface area contributed by atoms with E-state index in [1.54, 1.807) is 18.5 Å². The lowest BCUT2D eigenvalue weighted by molar-refractivity contribution is 0.439. The van der Waals surface area contributed by atoms with Gasteiger partial charge in [-0.2, -0.15) is 9.97 Å². The van der Waals surface area contributed by atoms with Crippen LogP contribution in [0.4, 0.5) is 15.9 Å². The van der Waals surface area contributed by atoms with Crippen LogP contribution in [0.25, 0.3) is 22.2 Å². The van der Waals surface area contributed by atoms with E-state index >= 15 is 0 Å². The van der Waals surface area contributed by atoms with Gasteiger partial charge in [-0.3, -0.25) is 9.97 Å². The van der Waals surface area contributed by atoms with Crippen molar-refractivity contribution in [2.24, 2.45) is 17.6 Å². The number of ether oxygens (including phenoxy) is 1. The Morgan fingerprint density at radius 1 is 1.11 bits per heavy atom. The first kappa shape index (κ1) is 21.4. The van der Waals surface area contributed by atoms with Crippen molar-refractivity contribution in [2.45, 2.75) is 25.3 Å². The Morgan fingerprint density at radius 3 is 2.89 bits per heavy atom. The smallest absolute Gasteiger partial charge is 0.324 e. The highest BCUT2D eigenvalue weighted by atomic mass is 19.1. The van der Waals surface area contributed by atoms with E-state index in [2.05, 4.69) is 20.2 Å². The zero-order chi connectivity index (χ0) is 24.4. The molecule has 36 heavy (non-hydrogen) atoms. The van der Waals surface area contributed by atoms with E-state index in [1.165, 1.54) is 6.07 Å². The second-order valence-electron chi connectivity index (χ2n) is 9.94. The first-order valence-electron chi connectivity index (χ1n) is 12.4. The Morgan fingerprint density at radius 2 is 2.03 bits per heavy atom. The number of nitrogens with zero attached hydrogens (tertiary/aromatic N) is 5. The minimum Gasteiger partial charge on any atom is -0.423 e. The third-order valence-electron chi connectivity index (χ3n) is 7.89. The molecular formula is C27H26FN7O. The predicted molar refractivity (Wildman–Crippen MR) is 136 cm³/mol. The van der Waals surface area contributed by atoms with Gasteiger partial charge >= 0.3 is 6.01 Å². The fourth-order valence-electron chi connectivity index (χ4n) is 6.17. The van der Waals surface area contributed by atoms with Gasteiger partial charge in [-0.05, 0) is 60.1 Å². The monoisotopic (exact) mass is 483 g/mol. The Hall–Kier alpha value is -3.85. The van der Waals surface area contributed by atoms with Gasteiger partial charge in [0.1, 0.15) is 11.6 Å². The maximum atomic E-state index is 14.6. The molecule has 1 aromatic carbocycles. The van der Waals surface area contributed by atoms with E-state index in [0.29, 0.717) is 24.0 Å². The average Bonchev–Trinajstić information content (AvgIpc) is 3.57. The van der Waals surface area contributed by atoms with Gasteiger partial charge < -0.3 is 20.7 Å². The van der Waals surface area contributed by atoms with Crippen LogP contribution < -0.4 is 20.7 Å². The molecule has 0 amide bonds. The van der Waals surface area contributed by atoms with Crippen molar-refractivity contribution < 1.29 is 9.13 Å². The Labute approximate surface area is 207 Å². The summed E-state index contributed by atoms with van der Waals surface area (Å²) in [6.45, 7) is 1.71. The zero-order valence-electron chi connectivity index (χ0n) is 19.9. The summed E-state index contributed by atoms with van der Waals surface area (Å²) in [5.41, 5.74) is 12.3. The summed E-state index contributed by atoms with van der Waals surface area (Å²) >= 11 is 0. The number of fused-ring (bicyclic) bond motifs is 5. The van der Waals surface area contributed by atoms with Crippen molar-refractivity contribution in [3.05, 3.63) is 59.8 Å². The predicted octanol–water partition coefficient (Wildman–Crippen LogP) is 4.14. The standard InChI is InChI=1S/C27H26FN7O/c1-30-22-8-15(28)7-18-17(22)10-24-25(18)26(35-12-14-4-5-20(29)19(14)13-35)34-27(33-24)36-16-9-23-21(32-11-16)3-2-6-31-23/h2-3,6-9,11,14,19-20,30H,4-5,10,12-13,29H2,1H3/t14?,19-,20+/m0/s1. The summed E-state index contributed by atoms with van der Waals surface area (Å²) < 4.78 is 20.7. The average molecular weight is 484 g/mol. The molecule has 1 saturated carbocycles. The van der Waals surface area contributed by atoms with Crippen LogP contribution in [-0.4, -0.2) is 46.1 Å². The fourth-order valence-corrected chi connectivity index (χ4v) is 6.17. The van der Waals surface area contributed by atoms with Crippen LogP contribution in [0, 0.1) is 17.7 Å². The molecule has 3 aliphatic rings. The Kier molecular flexibility index (Phi) is 4.82. The number of hydrogen-bond donors (Lipinski definition) is 2. The largest absolute Gasteiger partial charge is 0.423 e. The van der Waals surface area contributed by atoms with Crippen LogP contribution in [0.2, 0.25) is 0 Å². The van der Waals surface area contributed by atoms with Gasteiger partial charge in [0.15, 0.2) is 5.75 Å². The maximum Gasteiger partial charge on any atom is 0.324 e. The number of pyridine rings is 2. The van der Waals surface area contributed by atoms with Gasteiger partial charge in [0.25, 0.3) is 0 Å². The molecule has 3 aromatic heterocycles. The Balaban J connectivity index is 1.33. The van der Waals surface area contributed by atoms with Crippen LogP contribution in [0.1, 0.15) is 24.1 Å². The number of aromatic nitrogens is 4. The molecule has 9 heteroatoms. The van der Waals surface area contributed by atoms with Gasteiger partial charge in [0, 0.05) is 56.1 Å². The Bertz CT molecular complexity index is 1510. The van der Waals surface area contributed by atoms with E-state index in [1.807, 2.05) is 25.2 Å². The first-order chi connectivity index (χ1) is 17.6. The minimum absolute atomic E-state index is 0.211. The number of hydrogen-bond acceptors (Lipinski definition) is 8. The summed E-state index contributed by atoms with van der Waals surface area (Å²) in [5, 5.41) is 3.14. The van der Waals surface area contributed by atoms with Crippen molar-refractivity contribution in [1.29, 1.82) is 0 Å². The second-order valence-corrected chi connectivity index (χ2v) is 9.94. The summed E-state index contributed by atoms with van der Waals surface area (Å²) in [4.78, 5) is 20.8. The fraction of sp³-hybridized carbons (Fsp3) is 0.333. The molecule has 7 rings (SSSR count). The summed E-state index contributed by atoms with van der Waals surface area (Å²) in [6.07, 6.45) is 6.15. The highest BCUT2D eigenvalue weighted by Gasteiger charge is 2.43. The van der Waals surface area contributed by atoms with E-state index < -0.39 is 0 Å². The molecule has 4 aromatic rings. The molecule has 1 unspecified atom stereocenters. The van der Waals surface area contributed by atoms with Crippen LogP contribution in [0.15, 0.2) is 42.7 Å². The van der Waals surface area contributed by atoms with Crippen LogP contribution in [-0.2, 0) is 6.42 Å². The third kappa shape index (κ3) is 3.37. The molecular weight excluding hydrogens is 457 g/mol. The number of anilines is 2. The van der Waals surface area contributed by atoms with E-state index in [4.69, 9.17) is 20.4 Å². The lowest BCUT2D eigenvalue weighted by Gasteiger charge is -2.23. The van der Waals surface area contributed by atoms with E-state index in [-0.39, 0.29) is 17.9 Å². The molecule has 3 atom stereocenters. The van der Waals surface area contributed by atoms with Crippen molar-refractivity contribution >= 4 is 22.5 Å². The first-order valence-corrected chi connectivity index (χ1v) is 12.4. The number of nitrogens with two attached hydrogens (primary N) is 1. The van der Waals surface area contributed by atoms with Crippen molar-refractivity contribution in [3.8, 4) is 22.9 Å². The topological polar surface area (TPSA) is 102 Å². The van der Waals surface area contributed by atoms with Crippen LogP contribution in [0.5, 0.6) is 11.8 Å². The van der Waals surface area contributed by atoms with Gasteiger partial charge in [-0.25, -0.2) is 4.39 Å². The third-order valence-corrected chi connectivity index (χ3v) is 7.89. The molecule has 182 valence electrons. The summed E-state index contributed by atoms with van der Waals surface area (Å²) in [5.74, 6) is 2.01. The minimum atomic E-state index is -0.285. The molecule has 2 fully saturated rings. The molecule has 1 aliphatic heterocycles. The normalized spacial score (nSPS) is 22.0. The molecule has 0 radical (unpaired) electrons. The van der Waals surface area contributed by atoms with Crippen molar-refractivity contribution in [3.63, 3.8) is 0 Å². The maximum absolute atomic E-state index is 14.6. The number of halogens is 1.